The van der Waals surface area contributed by atoms with Crippen molar-refractivity contribution in [1.29, 1.82) is 0 Å². The first-order chi connectivity index (χ1) is 7.06. The molecule has 1 aliphatic rings. The molecular formula is C15H30. The molecule has 90 valence electrons. The smallest absolute Gasteiger partial charge is 0.0365 e. The second kappa shape index (κ2) is 5.92. The lowest BCUT2D eigenvalue weighted by molar-refractivity contribution is 0.133. The summed E-state index contributed by atoms with van der Waals surface area (Å²) in [6, 6.07) is 0. The lowest BCUT2D eigenvalue weighted by Crippen LogP contribution is -2.28. The zero-order valence-corrected chi connectivity index (χ0v) is 11.4. The SMILES string of the molecule is CCC(C(C)C)C(C)C1CCCC(C)C1. The van der Waals surface area contributed by atoms with Crippen LogP contribution in [-0.4, -0.2) is 0 Å². The van der Waals surface area contributed by atoms with E-state index in [9.17, 15) is 0 Å². The van der Waals surface area contributed by atoms with Crippen LogP contribution in [0.25, 0.3) is 0 Å². The fourth-order valence-corrected chi connectivity index (χ4v) is 3.76. The van der Waals surface area contributed by atoms with Gasteiger partial charge < -0.3 is 0 Å². The summed E-state index contributed by atoms with van der Waals surface area (Å²) < 4.78 is 0. The van der Waals surface area contributed by atoms with Gasteiger partial charge in [-0.15, -0.1) is 0 Å². The van der Waals surface area contributed by atoms with E-state index < -0.39 is 0 Å². The largest absolute Gasteiger partial charge is 0.0651 e. The van der Waals surface area contributed by atoms with Crippen LogP contribution in [0, 0.1) is 29.6 Å². The molecule has 0 aromatic rings. The number of rotatable bonds is 4. The van der Waals surface area contributed by atoms with Crippen molar-refractivity contribution < 1.29 is 0 Å². The summed E-state index contributed by atoms with van der Waals surface area (Å²) in [6.45, 7) is 12.1. The summed E-state index contributed by atoms with van der Waals surface area (Å²) in [6.07, 6.45) is 7.30. The summed E-state index contributed by atoms with van der Waals surface area (Å²) in [4.78, 5) is 0. The van der Waals surface area contributed by atoms with Gasteiger partial charge in [0, 0.05) is 0 Å². The molecular weight excluding hydrogens is 180 g/mol. The summed E-state index contributed by atoms with van der Waals surface area (Å²) in [5.74, 6) is 4.75. The molecule has 1 rings (SSSR count). The van der Waals surface area contributed by atoms with E-state index in [0.717, 1.165) is 29.6 Å². The topological polar surface area (TPSA) is 0 Å². The highest BCUT2D eigenvalue weighted by molar-refractivity contribution is 4.79. The van der Waals surface area contributed by atoms with E-state index >= 15 is 0 Å². The molecule has 0 aromatic heterocycles. The van der Waals surface area contributed by atoms with Gasteiger partial charge in [0.05, 0.1) is 0 Å². The van der Waals surface area contributed by atoms with E-state index in [4.69, 9.17) is 0 Å². The Bertz CT molecular complexity index is 171. The highest BCUT2D eigenvalue weighted by atomic mass is 14.3. The summed E-state index contributed by atoms with van der Waals surface area (Å²) in [5.41, 5.74) is 0. The average molecular weight is 210 g/mol. The van der Waals surface area contributed by atoms with E-state index in [0.29, 0.717) is 0 Å². The molecule has 0 heterocycles. The molecule has 0 aromatic carbocycles. The predicted molar refractivity (Wildman–Crippen MR) is 68.9 cm³/mol. The quantitative estimate of drug-likeness (QED) is 0.603. The van der Waals surface area contributed by atoms with Crippen LogP contribution in [0.3, 0.4) is 0 Å². The van der Waals surface area contributed by atoms with Crippen LogP contribution in [-0.2, 0) is 0 Å². The minimum Gasteiger partial charge on any atom is -0.0651 e. The third-order valence-electron chi connectivity index (χ3n) is 4.72. The first kappa shape index (κ1) is 13.1. The zero-order valence-electron chi connectivity index (χ0n) is 11.4. The van der Waals surface area contributed by atoms with Crippen molar-refractivity contribution >= 4 is 0 Å². The first-order valence-corrected chi connectivity index (χ1v) is 7.06. The van der Waals surface area contributed by atoms with Gasteiger partial charge in [-0.2, -0.15) is 0 Å². The van der Waals surface area contributed by atoms with Gasteiger partial charge in [-0.05, 0) is 36.0 Å². The Kier molecular flexibility index (Phi) is 5.15. The van der Waals surface area contributed by atoms with Crippen molar-refractivity contribution in [3.63, 3.8) is 0 Å². The number of hydrogen-bond acceptors (Lipinski definition) is 0. The van der Waals surface area contributed by atoms with E-state index in [2.05, 4.69) is 34.6 Å². The molecule has 15 heavy (non-hydrogen) atoms. The van der Waals surface area contributed by atoms with Gasteiger partial charge in [0.25, 0.3) is 0 Å². The Morgan fingerprint density at radius 1 is 1.13 bits per heavy atom. The standard InChI is InChI=1S/C15H30/c1-6-15(11(2)3)13(5)14-9-7-8-12(4)10-14/h11-15H,6-10H2,1-5H3. The molecule has 0 radical (unpaired) electrons. The van der Waals surface area contributed by atoms with E-state index in [1.807, 2.05) is 0 Å². The predicted octanol–water partition coefficient (Wildman–Crippen LogP) is 5.13. The average Bonchev–Trinajstić information content (AvgIpc) is 2.18. The van der Waals surface area contributed by atoms with Gasteiger partial charge >= 0.3 is 0 Å². The van der Waals surface area contributed by atoms with Crippen LogP contribution in [0.5, 0.6) is 0 Å². The van der Waals surface area contributed by atoms with Crippen molar-refractivity contribution in [2.24, 2.45) is 29.6 Å². The Hall–Kier alpha value is 0. The minimum absolute atomic E-state index is 0.863. The van der Waals surface area contributed by atoms with Crippen molar-refractivity contribution in [3.05, 3.63) is 0 Å². The van der Waals surface area contributed by atoms with Crippen LogP contribution in [0.15, 0.2) is 0 Å². The monoisotopic (exact) mass is 210 g/mol. The molecule has 0 bridgehead atoms. The summed E-state index contributed by atoms with van der Waals surface area (Å²) >= 11 is 0. The molecule has 0 amide bonds. The Morgan fingerprint density at radius 2 is 1.80 bits per heavy atom. The first-order valence-electron chi connectivity index (χ1n) is 7.06. The van der Waals surface area contributed by atoms with E-state index in [1.165, 1.54) is 32.1 Å². The van der Waals surface area contributed by atoms with Gasteiger partial charge in [-0.1, -0.05) is 60.3 Å². The Morgan fingerprint density at radius 3 is 2.27 bits per heavy atom. The molecule has 4 unspecified atom stereocenters. The lowest BCUT2D eigenvalue weighted by Gasteiger charge is -2.37. The van der Waals surface area contributed by atoms with Crippen molar-refractivity contribution in [1.82, 2.24) is 0 Å². The molecule has 0 nitrogen and oxygen atoms in total. The maximum Gasteiger partial charge on any atom is -0.0365 e. The Labute approximate surface area is 96.8 Å². The molecule has 4 atom stereocenters. The molecule has 1 aliphatic carbocycles. The summed E-state index contributed by atoms with van der Waals surface area (Å²) in [5, 5.41) is 0. The maximum atomic E-state index is 2.51. The second-order valence-corrected chi connectivity index (χ2v) is 6.21. The number of hydrogen-bond donors (Lipinski definition) is 0. The summed E-state index contributed by atoms with van der Waals surface area (Å²) in [7, 11) is 0. The highest BCUT2D eigenvalue weighted by Crippen LogP contribution is 2.39. The van der Waals surface area contributed by atoms with Crippen LogP contribution in [0.1, 0.15) is 66.7 Å². The highest BCUT2D eigenvalue weighted by Gasteiger charge is 2.29. The van der Waals surface area contributed by atoms with Crippen molar-refractivity contribution in [2.75, 3.05) is 0 Å². The molecule has 1 saturated carbocycles. The molecule has 0 spiro atoms. The van der Waals surface area contributed by atoms with Gasteiger partial charge in [0.2, 0.25) is 0 Å². The second-order valence-electron chi connectivity index (χ2n) is 6.21. The van der Waals surface area contributed by atoms with E-state index in [1.54, 1.807) is 0 Å². The molecule has 0 saturated heterocycles. The third kappa shape index (κ3) is 3.50. The van der Waals surface area contributed by atoms with Crippen molar-refractivity contribution in [3.8, 4) is 0 Å². The minimum atomic E-state index is 0.863. The van der Waals surface area contributed by atoms with Crippen LogP contribution in [0.2, 0.25) is 0 Å². The Balaban J connectivity index is 2.53. The normalized spacial score (nSPS) is 31.6. The van der Waals surface area contributed by atoms with Gasteiger partial charge in [-0.25, -0.2) is 0 Å². The van der Waals surface area contributed by atoms with Crippen LogP contribution in [0.4, 0.5) is 0 Å². The maximum absolute atomic E-state index is 2.51. The van der Waals surface area contributed by atoms with Crippen LogP contribution < -0.4 is 0 Å². The molecule has 0 heteroatoms. The van der Waals surface area contributed by atoms with Gasteiger partial charge in [-0.3, -0.25) is 0 Å². The molecule has 0 aliphatic heterocycles. The van der Waals surface area contributed by atoms with Crippen LogP contribution >= 0.6 is 0 Å². The van der Waals surface area contributed by atoms with E-state index in [-0.39, 0.29) is 0 Å². The third-order valence-corrected chi connectivity index (χ3v) is 4.72. The molecule has 1 fully saturated rings. The molecule has 0 N–H and O–H groups in total. The van der Waals surface area contributed by atoms with Gasteiger partial charge in [0.15, 0.2) is 0 Å². The van der Waals surface area contributed by atoms with Crippen molar-refractivity contribution in [2.45, 2.75) is 66.7 Å². The fraction of sp³-hybridized carbons (Fsp3) is 1.00. The van der Waals surface area contributed by atoms with Gasteiger partial charge in [0.1, 0.15) is 0 Å². The zero-order chi connectivity index (χ0) is 11.4. The lowest BCUT2D eigenvalue weighted by atomic mass is 9.69. The fourth-order valence-electron chi connectivity index (χ4n) is 3.76.